The minimum Gasteiger partial charge on any atom is -0.343 e. The molecule has 0 N–H and O–H groups in total. The lowest BCUT2D eigenvalue weighted by atomic mass is 10.2. The molecule has 7 heteroatoms. The number of amides is 1. The normalized spacial score (nSPS) is 16.9. The van der Waals surface area contributed by atoms with E-state index in [1.165, 1.54) is 4.68 Å². The molecular weight excluding hydrogens is 283 g/mol. The number of nitrogens with zero attached hydrogens (tertiary/aromatic N) is 3. The maximum absolute atomic E-state index is 12.6. The Bertz CT molecular complexity index is 488. The third-order valence-corrected chi connectivity index (χ3v) is 3.77. The van der Waals surface area contributed by atoms with Crippen LogP contribution in [0, 0.1) is 6.92 Å². The van der Waals surface area contributed by atoms with Gasteiger partial charge in [0.15, 0.2) is 5.69 Å². The van der Waals surface area contributed by atoms with Gasteiger partial charge in [0.1, 0.15) is 0 Å². The van der Waals surface area contributed by atoms with Crippen molar-refractivity contribution in [3.63, 3.8) is 0 Å². The van der Waals surface area contributed by atoms with E-state index in [0.29, 0.717) is 5.69 Å². The SMILES string of the molecule is Cc1cc(C(F)(F)F)nn1CCC(=O)N1CCCCCC1. The van der Waals surface area contributed by atoms with E-state index in [9.17, 15) is 18.0 Å². The van der Waals surface area contributed by atoms with Crippen molar-refractivity contribution in [3.8, 4) is 0 Å². The summed E-state index contributed by atoms with van der Waals surface area (Å²) in [6.07, 6.45) is 0.0358. The lowest BCUT2D eigenvalue weighted by molar-refractivity contribution is -0.141. The second-order valence-corrected chi connectivity index (χ2v) is 5.44. The summed E-state index contributed by atoms with van der Waals surface area (Å²) < 4.78 is 39.0. The number of aromatic nitrogens is 2. The summed E-state index contributed by atoms with van der Waals surface area (Å²) in [6.45, 7) is 3.27. The molecule has 1 amide bonds. The van der Waals surface area contributed by atoms with Gasteiger partial charge in [-0.15, -0.1) is 0 Å². The smallest absolute Gasteiger partial charge is 0.343 e. The number of hydrogen-bond acceptors (Lipinski definition) is 2. The van der Waals surface area contributed by atoms with Crippen LogP contribution in [0.4, 0.5) is 13.2 Å². The Hall–Kier alpha value is -1.53. The number of halogens is 3. The van der Waals surface area contributed by atoms with Gasteiger partial charge in [-0.1, -0.05) is 12.8 Å². The zero-order valence-corrected chi connectivity index (χ0v) is 12.1. The topological polar surface area (TPSA) is 38.1 Å². The predicted octanol–water partition coefficient (Wildman–Crippen LogP) is 3.00. The summed E-state index contributed by atoms with van der Waals surface area (Å²) in [7, 11) is 0. The van der Waals surface area contributed by atoms with Crippen LogP contribution >= 0.6 is 0 Å². The number of aryl methyl sites for hydroxylation is 2. The highest BCUT2D eigenvalue weighted by Crippen LogP contribution is 2.28. The van der Waals surface area contributed by atoms with Crippen LogP contribution in [0.2, 0.25) is 0 Å². The second-order valence-electron chi connectivity index (χ2n) is 5.44. The molecule has 118 valence electrons. The van der Waals surface area contributed by atoms with E-state index in [1.54, 1.807) is 6.92 Å². The molecule has 2 rings (SSSR count). The number of rotatable bonds is 3. The molecule has 0 radical (unpaired) electrons. The molecule has 0 saturated carbocycles. The zero-order valence-electron chi connectivity index (χ0n) is 12.1. The summed E-state index contributed by atoms with van der Waals surface area (Å²) in [5, 5.41) is 3.54. The van der Waals surface area contributed by atoms with Gasteiger partial charge in [0, 0.05) is 31.7 Å². The lowest BCUT2D eigenvalue weighted by Crippen LogP contribution is -2.32. The number of carbonyl (C=O) groups excluding carboxylic acids is 1. The molecule has 2 heterocycles. The first kappa shape index (κ1) is 15.9. The Morgan fingerprint density at radius 1 is 1.24 bits per heavy atom. The van der Waals surface area contributed by atoms with E-state index in [-0.39, 0.29) is 18.9 Å². The van der Waals surface area contributed by atoms with Gasteiger partial charge in [-0.25, -0.2) is 0 Å². The minimum atomic E-state index is -4.44. The monoisotopic (exact) mass is 303 g/mol. The Balaban J connectivity index is 1.93. The van der Waals surface area contributed by atoms with E-state index >= 15 is 0 Å². The van der Waals surface area contributed by atoms with Gasteiger partial charge in [0.05, 0.1) is 0 Å². The second kappa shape index (κ2) is 6.49. The third-order valence-electron chi connectivity index (χ3n) is 3.77. The van der Waals surface area contributed by atoms with Gasteiger partial charge >= 0.3 is 6.18 Å². The van der Waals surface area contributed by atoms with Gasteiger partial charge < -0.3 is 4.90 Å². The fraction of sp³-hybridized carbons (Fsp3) is 0.714. The molecular formula is C14H20F3N3O. The van der Waals surface area contributed by atoms with Gasteiger partial charge in [-0.2, -0.15) is 18.3 Å². The Labute approximate surface area is 121 Å². The Morgan fingerprint density at radius 2 is 1.86 bits per heavy atom. The van der Waals surface area contributed by atoms with Crippen LogP contribution in [0.15, 0.2) is 6.07 Å². The molecule has 1 aliphatic rings. The van der Waals surface area contributed by atoms with Crippen LogP contribution in [0.1, 0.15) is 43.5 Å². The third kappa shape index (κ3) is 4.22. The molecule has 0 spiro atoms. The van der Waals surface area contributed by atoms with Crippen molar-refractivity contribution in [2.75, 3.05) is 13.1 Å². The lowest BCUT2D eigenvalue weighted by Gasteiger charge is -2.20. The highest BCUT2D eigenvalue weighted by molar-refractivity contribution is 5.76. The summed E-state index contributed by atoms with van der Waals surface area (Å²) >= 11 is 0. The first-order valence-electron chi connectivity index (χ1n) is 7.27. The van der Waals surface area contributed by atoms with Crippen LogP contribution in [0.25, 0.3) is 0 Å². The Kier molecular flexibility index (Phi) is 4.90. The number of likely N-dealkylation sites (tertiary alicyclic amines) is 1. The molecule has 1 fully saturated rings. The number of alkyl halides is 3. The van der Waals surface area contributed by atoms with Crippen LogP contribution in [-0.4, -0.2) is 33.7 Å². The quantitative estimate of drug-likeness (QED) is 0.861. The van der Waals surface area contributed by atoms with Gasteiger partial charge in [0.2, 0.25) is 5.91 Å². The molecule has 1 aromatic heterocycles. The van der Waals surface area contributed by atoms with Crippen molar-refractivity contribution in [2.45, 2.75) is 51.7 Å². The molecule has 21 heavy (non-hydrogen) atoms. The molecule has 0 aromatic carbocycles. The molecule has 1 aromatic rings. The predicted molar refractivity (Wildman–Crippen MR) is 71.6 cm³/mol. The van der Waals surface area contributed by atoms with Crippen LogP contribution in [0.5, 0.6) is 0 Å². The minimum absolute atomic E-state index is 0.000332. The van der Waals surface area contributed by atoms with Crippen molar-refractivity contribution in [3.05, 3.63) is 17.5 Å². The van der Waals surface area contributed by atoms with Gasteiger partial charge in [-0.05, 0) is 25.8 Å². The van der Waals surface area contributed by atoms with E-state index < -0.39 is 11.9 Å². The zero-order chi connectivity index (χ0) is 15.5. The molecule has 0 unspecified atom stereocenters. The summed E-state index contributed by atoms with van der Waals surface area (Å²) in [5.41, 5.74) is -0.479. The highest BCUT2D eigenvalue weighted by atomic mass is 19.4. The molecule has 4 nitrogen and oxygen atoms in total. The van der Waals surface area contributed by atoms with Crippen molar-refractivity contribution >= 4 is 5.91 Å². The van der Waals surface area contributed by atoms with Crippen LogP contribution in [0.3, 0.4) is 0 Å². The summed E-state index contributed by atoms with van der Waals surface area (Å²) in [5.74, 6) is 0.000332. The summed E-state index contributed by atoms with van der Waals surface area (Å²) in [4.78, 5) is 13.9. The first-order valence-corrected chi connectivity index (χ1v) is 7.27. The van der Waals surface area contributed by atoms with E-state index in [0.717, 1.165) is 44.8 Å². The maximum Gasteiger partial charge on any atom is 0.435 e. The Morgan fingerprint density at radius 3 is 2.38 bits per heavy atom. The largest absolute Gasteiger partial charge is 0.435 e. The number of carbonyl (C=O) groups is 1. The average molecular weight is 303 g/mol. The van der Waals surface area contributed by atoms with Crippen molar-refractivity contribution in [1.29, 1.82) is 0 Å². The van der Waals surface area contributed by atoms with E-state index in [1.807, 2.05) is 4.90 Å². The van der Waals surface area contributed by atoms with Crippen molar-refractivity contribution in [1.82, 2.24) is 14.7 Å². The fourth-order valence-electron chi connectivity index (χ4n) is 2.55. The first-order chi connectivity index (χ1) is 9.88. The van der Waals surface area contributed by atoms with Gasteiger partial charge in [0.25, 0.3) is 0 Å². The van der Waals surface area contributed by atoms with Gasteiger partial charge in [-0.3, -0.25) is 9.48 Å². The van der Waals surface area contributed by atoms with Crippen molar-refractivity contribution < 1.29 is 18.0 Å². The van der Waals surface area contributed by atoms with Crippen LogP contribution in [-0.2, 0) is 17.5 Å². The highest BCUT2D eigenvalue weighted by Gasteiger charge is 2.34. The maximum atomic E-state index is 12.6. The molecule has 1 aliphatic heterocycles. The average Bonchev–Trinajstić information content (AvgIpc) is 2.64. The van der Waals surface area contributed by atoms with Crippen LogP contribution < -0.4 is 0 Å². The molecule has 0 bridgehead atoms. The molecule has 1 saturated heterocycles. The number of hydrogen-bond donors (Lipinski definition) is 0. The van der Waals surface area contributed by atoms with E-state index in [2.05, 4.69) is 5.10 Å². The van der Waals surface area contributed by atoms with Crippen molar-refractivity contribution in [2.24, 2.45) is 0 Å². The standard InChI is InChI=1S/C14H20F3N3O/c1-11-10-12(14(15,16)17)18-20(11)9-6-13(21)19-7-4-2-3-5-8-19/h10H,2-9H2,1H3. The molecule has 0 aliphatic carbocycles. The molecule has 0 atom stereocenters. The van der Waals surface area contributed by atoms with E-state index in [4.69, 9.17) is 0 Å². The summed E-state index contributed by atoms with van der Waals surface area (Å²) in [6, 6.07) is 1.01. The fourth-order valence-corrected chi connectivity index (χ4v) is 2.55.